The molecule has 0 unspecified atom stereocenters. The molecule has 1 rings (SSSR count). The first kappa shape index (κ1) is 11.2. The topological polar surface area (TPSA) is 66.4 Å². The summed E-state index contributed by atoms with van der Waals surface area (Å²) in [6.45, 7) is 1.42. The van der Waals surface area contributed by atoms with Crippen LogP contribution >= 0.6 is 27.3 Å². The minimum atomic E-state index is -1.05. The molecule has 0 aliphatic carbocycles. The van der Waals surface area contributed by atoms with Gasteiger partial charge >= 0.3 is 5.97 Å². The molecule has 1 atom stereocenters. The first-order valence-electron chi connectivity index (χ1n) is 3.78. The van der Waals surface area contributed by atoms with Gasteiger partial charge in [-0.3, -0.25) is 9.59 Å². The van der Waals surface area contributed by atoms with Crippen molar-refractivity contribution < 1.29 is 14.7 Å². The molecule has 0 aromatic carbocycles. The van der Waals surface area contributed by atoms with Crippen LogP contribution in [-0.2, 0) is 4.79 Å². The van der Waals surface area contributed by atoms with Crippen molar-refractivity contribution in [2.75, 3.05) is 0 Å². The van der Waals surface area contributed by atoms with E-state index in [0.29, 0.717) is 5.56 Å². The Balaban J connectivity index is 2.63. The second kappa shape index (κ2) is 4.56. The van der Waals surface area contributed by atoms with Crippen LogP contribution in [0, 0.1) is 0 Å². The van der Waals surface area contributed by atoms with Crippen LogP contribution in [0.1, 0.15) is 17.3 Å². The van der Waals surface area contributed by atoms with Gasteiger partial charge in [0.2, 0.25) is 0 Å². The Kier molecular flexibility index (Phi) is 3.65. The zero-order valence-corrected chi connectivity index (χ0v) is 9.68. The van der Waals surface area contributed by atoms with Gasteiger partial charge in [0.25, 0.3) is 5.91 Å². The van der Waals surface area contributed by atoms with E-state index in [-0.39, 0.29) is 5.91 Å². The summed E-state index contributed by atoms with van der Waals surface area (Å²) < 4.78 is 0.839. The number of hydrogen-bond donors (Lipinski definition) is 2. The van der Waals surface area contributed by atoms with Gasteiger partial charge in [-0.15, -0.1) is 11.3 Å². The van der Waals surface area contributed by atoms with Gasteiger partial charge in [0.1, 0.15) is 6.04 Å². The third-order valence-electron chi connectivity index (χ3n) is 1.55. The fourth-order valence-electron chi connectivity index (χ4n) is 0.771. The van der Waals surface area contributed by atoms with Crippen LogP contribution in [0.4, 0.5) is 0 Å². The Morgan fingerprint density at radius 2 is 2.29 bits per heavy atom. The van der Waals surface area contributed by atoms with Gasteiger partial charge < -0.3 is 10.4 Å². The number of carbonyl (C=O) groups is 2. The van der Waals surface area contributed by atoms with Crippen LogP contribution in [0.3, 0.4) is 0 Å². The molecule has 0 aliphatic heterocycles. The first-order chi connectivity index (χ1) is 6.50. The molecule has 0 bridgehead atoms. The largest absolute Gasteiger partial charge is 0.480 e. The van der Waals surface area contributed by atoms with E-state index >= 15 is 0 Å². The van der Waals surface area contributed by atoms with Crippen molar-refractivity contribution in [1.29, 1.82) is 0 Å². The lowest BCUT2D eigenvalue weighted by atomic mass is 10.3. The van der Waals surface area contributed by atoms with Crippen LogP contribution in [-0.4, -0.2) is 23.0 Å². The lowest BCUT2D eigenvalue weighted by Gasteiger charge is -2.07. The van der Waals surface area contributed by atoms with Gasteiger partial charge in [-0.05, 0) is 28.9 Å². The quantitative estimate of drug-likeness (QED) is 0.884. The van der Waals surface area contributed by atoms with E-state index in [1.54, 1.807) is 11.4 Å². The molecule has 4 nitrogen and oxygen atoms in total. The summed E-state index contributed by atoms with van der Waals surface area (Å²) in [5.41, 5.74) is 0.468. The van der Waals surface area contributed by atoms with Crippen LogP contribution in [0.5, 0.6) is 0 Å². The number of rotatable bonds is 3. The maximum atomic E-state index is 11.4. The van der Waals surface area contributed by atoms with E-state index < -0.39 is 12.0 Å². The third-order valence-corrected chi connectivity index (χ3v) is 3.05. The fraction of sp³-hybridized carbons (Fsp3) is 0.250. The second-order valence-electron chi connectivity index (χ2n) is 2.67. The number of nitrogens with one attached hydrogen (secondary N) is 1. The summed E-state index contributed by atoms with van der Waals surface area (Å²) in [6.07, 6.45) is 0. The number of carboxylic acids is 1. The number of amides is 1. The Morgan fingerprint density at radius 1 is 1.64 bits per heavy atom. The van der Waals surface area contributed by atoms with Gasteiger partial charge in [-0.2, -0.15) is 0 Å². The van der Waals surface area contributed by atoms with E-state index in [2.05, 4.69) is 21.2 Å². The van der Waals surface area contributed by atoms with Crippen molar-refractivity contribution in [3.63, 3.8) is 0 Å². The molecule has 1 heterocycles. The average molecular weight is 278 g/mol. The summed E-state index contributed by atoms with van der Waals surface area (Å²) in [6, 6.07) is 0.773. The first-order valence-corrected chi connectivity index (χ1v) is 5.45. The van der Waals surface area contributed by atoms with E-state index in [0.717, 1.165) is 3.79 Å². The molecule has 76 valence electrons. The molecule has 1 aromatic heterocycles. The normalized spacial score (nSPS) is 12.1. The monoisotopic (exact) mass is 277 g/mol. The highest BCUT2D eigenvalue weighted by Crippen LogP contribution is 2.20. The van der Waals surface area contributed by atoms with Gasteiger partial charge in [0, 0.05) is 5.38 Å². The fourth-order valence-corrected chi connectivity index (χ4v) is 1.91. The molecular weight excluding hydrogens is 270 g/mol. The Hall–Kier alpha value is -0.880. The standard InChI is InChI=1S/C8H8BrNO3S/c1-4(8(12)13)10-7(11)5-2-6(9)14-3-5/h2-4H,1H3,(H,10,11)(H,12,13)/t4-/m0/s1. The van der Waals surface area contributed by atoms with Gasteiger partial charge in [-0.1, -0.05) is 0 Å². The zero-order chi connectivity index (χ0) is 10.7. The molecule has 0 radical (unpaired) electrons. The average Bonchev–Trinajstić information content (AvgIpc) is 2.51. The maximum Gasteiger partial charge on any atom is 0.325 e. The Bertz CT molecular complexity index is 363. The van der Waals surface area contributed by atoms with Crippen molar-refractivity contribution in [1.82, 2.24) is 5.32 Å². The van der Waals surface area contributed by atoms with Gasteiger partial charge in [0.05, 0.1) is 9.35 Å². The Labute approximate surface area is 93.1 Å². The SMILES string of the molecule is C[C@H](NC(=O)c1csc(Br)c1)C(=O)O. The highest BCUT2D eigenvalue weighted by atomic mass is 79.9. The lowest BCUT2D eigenvalue weighted by Crippen LogP contribution is -2.38. The molecule has 1 aromatic rings. The van der Waals surface area contributed by atoms with Crippen molar-refractivity contribution >= 4 is 39.1 Å². The third kappa shape index (κ3) is 2.81. The molecule has 0 aliphatic rings. The van der Waals surface area contributed by atoms with Crippen LogP contribution in [0.15, 0.2) is 15.2 Å². The number of carbonyl (C=O) groups excluding carboxylic acids is 1. The molecule has 1 amide bonds. The number of hydrogen-bond acceptors (Lipinski definition) is 3. The van der Waals surface area contributed by atoms with Crippen LogP contribution in [0.2, 0.25) is 0 Å². The number of thiophene rings is 1. The highest BCUT2D eigenvalue weighted by Gasteiger charge is 2.15. The molecule has 0 spiro atoms. The number of carboxylic acid groups (broad SMARTS) is 1. The minimum absolute atomic E-state index is 0.373. The summed E-state index contributed by atoms with van der Waals surface area (Å²) in [5.74, 6) is -1.42. The van der Waals surface area contributed by atoms with Crippen molar-refractivity contribution in [2.45, 2.75) is 13.0 Å². The number of halogens is 1. The molecule has 2 N–H and O–H groups in total. The minimum Gasteiger partial charge on any atom is -0.480 e. The van der Waals surface area contributed by atoms with Crippen LogP contribution in [0.25, 0.3) is 0 Å². The van der Waals surface area contributed by atoms with E-state index in [1.807, 2.05) is 0 Å². The van der Waals surface area contributed by atoms with Gasteiger partial charge in [0.15, 0.2) is 0 Å². The molecule has 14 heavy (non-hydrogen) atoms. The lowest BCUT2D eigenvalue weighted by molar-refractivity contribution is -0.138. The van der Waals surface area contributed by atoms with Crippen molar-refractivity contribution in [2.24, 2.45) is 0 Å². The molecule has 0 saturated heterocycles. The molecular formula is C8H8BrNO3S. The van der Waals surface area contributed by atoms with Crippen LogP contribution < -0.4 is 5.32 Å². The second-order valence-corrected chi connectivity index (χ2v) is 4.96. The van der Waals surface area contributed by atoms with Crippen molar-refractivity contribution in [3.8, 4) is 0 Å². The van der Waals surface area contributed by atoms with E-state index in [4.69, 9.17) is 5.11 Å². The number of aliphatic carboxylic acids is 1. The Morgan fingerprint density at radius 3 is 2.71 bits per heavy atom. The maximum absolute atomic E-state index is 11.4. The predicted octanol–water partition coefficient (Wildman–Crippen LogP) is 1.71. The summed E-state index contributed by atoms with van der Waals surface area (Å²) in [4.78, 5) is 21.8. The van der Waals surface area contributed by atoms with Gasteiger partial charge in [-0.25, -0.2) is 0 Å². The summed E-state index contributed by atoms with van der Waals surface area (Å²) >= 11 is 4.59. The zero-order valence-electron chi connectivity index (χ0n) is 7.28. The summed E-state index contributed by atoms with van der Waals surface area (Å²) in [7, 11) is 0. The smallest absolute Gasteiger partial charge is 0.325 e. The van der Waals surface area contributed by atoms with Crippen molar-refractivity contribution in [3.05, 3.63) is 20.8 Å². The molecule has 6 heteroatoms. The van der Waals surface area contributed by atoms with E-state index in [1.165, 1.54) is 18.3 Å². The summed E-state index contributed by atoms with van der Waals surface area (Å²) in [5, 5.41) is 12.6. The van der Waals surface area contributed by atoms with E-state index in [9.17, 15) is 9.59 Å². The predicted molar refractivity (Wildman–Crippen MR) is 56.6 cm³/mol. The molecule has 0 fully saturated rings. The molecule has 0 saturated carbocycles. The highest BCUT2D eigenvalue weighted by molar-refractivity contribution is 9.11.